The number of H-pyrrole nitrogens is 1. The number of hydrogen-bond donors (Lipinski definition) is 2. The molecule has 0 radical (unpaired) electrons. The van der Waals surface area contributed by atoms with Gasteiger partial charge in [0.1, 0.15) is 0 Å². The van der Waals surface area contributed by atoms with Crippen LogP contribution in [0.4, 0.5) is 0 Å². The third kappa shape index (κ3) is 4.19. The van der Waals surface area contributed by atoms with E-state index in [4.69, 9.17) is 4.74 Å². The fourth-order valence-electron chi connectivity index (χ4n) is 4.35. The maximum atomic E-state index is 12.6. The van der Waals surface area contributed by atoms with Gasteiger partial charge in [0.2, 0.25) is 0 Å². The van der Waals surface area contributed by atoms with Crippen LogP contribution in [0.15, 0.2) is 24.3 Å². The number of hydrogen-bond acceptors (Lipinski definition) is 4. The van der Waals surface area contributed by atoms with Crippen molar-refractivity contribution in [2.75, 3.05) is 26.7 Å². The van der Waals surface area contributed by atoms with Crippen molar-refractivity contribution in [3.8, 4) is 0 Å². The van der Waals surface area contributed by atoms with E-state index in [9.17, 15) is 9.90 Å². The van der Waals surface area contributed by atoms with Gasteiger partial charge >= 0.3 is 5.97 Å². The number of aromatic nitrogens is 1. The monoisotopic (exact) mass is 372 g/mol. The van der Waals surface area contributed by atoms with Gasteiger partial charge in [0.15, 0.2) is 0 Å². The van der Waals surface area contributed by atoms with Crippen LogP contribution in [0.1, 0.15) is 56.7 Å². The molecule has 0 aliphatic carbocycles. The first kappa shape index (κ1) is 19.9. The quantitative estimate of drug-likeness (QED) is 0.808. The molecule has 2 atom stereocenters. The van der Waals surface area contributed by atoms with E-state index in [0.29, 0.717) is 19.4 Å². The lowest BCUT2D eigenvalue weighted by molar-refractivity contribution is -0.142. The van der Waals surface area contributed by atoms with Crippen LogP contribution >= 0.6 is 0 Å². The highest BCUT2D eigenvalue weighted by atomic mass is 16.5. The van der Waals surface area contributed by atoms with Crippen molar-refractivity contribution < 1.29 is 14.6 Å². The zero-order chi connectivity index (χ0) is 19.4. The minimum atomic E-state index is -0.698. The summed E-state index contributed by atoms with van der Waals surface area (Å²) in [6.45, 7) is 6.63. The van der Waals surface area contributed by atoms with Gasteiger partial charge < -0.3 is 19.7 Å². The Morgan fingerprint density at radius 2 is 2.15 bits per heavy atom. The zero-order valence-corrected chi connectivity index (χ0v) is 16.8. The first-order valence-corrected chi connectivity index (χ1v) is 10.1. The normalized spacial score (nSPS) is 25.0. The number of carbonyl (C=O) groups excluding carboxylic acids is 1. The number of esters is 1. The summed E-state index contributed by atoms with van der Waals surface area (Å²) < 4.78 is 5.13. The topological polar surface area (TPSA) is 65.6 Å². The minimum absolute atomic E-state index is 0.200. The first-order chi connectivity index (χ1) is 13.0. The molecule has 0 unspecified atom stereocenters. The summed E-state index contributed by atoms with van der Waals surface area (Å²) in [4.78, 5) is 18.4. The second-order valence-corrected chi connectivity index (χ2v) is 7.73. The van der Waals surface area contributed by atoms with Crippen LogP contribution in [0, 0.1) is 0 Å². The van der Waals surface area contributed by atoms with E-state index in [1.165, 1.54) is 18.1 Å². The van der Waals surface area contributed by atoms with Gasteiger partial charge in [-0.05, 0) is 50.3 Å². The molecule has 0 spiro atoms. The van der Waals surface area contributed by atoms with E-state index < -0.39 is 5.60 Å². The zero-order valence-electron chi connectivity index (χ0n) is 16.8. The number of carbonyl (C=O) groups is 1. The largest absolute Gasteiger partial charge is 0.469 e. The molecule has 1 aliphatic rings. The molecule has 0 saturated heterocycles. The van der Waals surface area contributed by atoms with Crippen molar-refractivity contribution in [3.63, 3.8) is 0 Å². The summed E-state index contributed by atoms with van der Waals surface area (Å²) in [5.41, 5.74) is 2.57. The Morgan fingerprint density at radius 1 is 1.37 bits per heavy atom. The minimum Gasteiger partial charge on any atom is -0.469 e. The molecule has 27 heavy (non-hydrogen) atoms. The Labute approximate surface area is 161 Å². The molecule has 148 valence electrons. The van der Waals surface area contributed by atoms with Crippen LogP contribution in [-0.4, -0.2) is 53.3 Å². The number of fused-ring (bicyclic) bond motifs is 3. The molecule has 1 aromatic heterocycles. The Morgan fingerprint density at radius 3 is 2.85 bits per heavy atom. The van der Waals surface area contributed by atoms with Crippen LogP contribution in [0.2, 0.25) is 0 Å². The standard InChI is InChI=1S/C22H32N2O3/c1-4-22(26)13-8-10-18(21(25)27-3)20-17(12-14-24(5-2)15-22)16-9-6-7-11-19(16)23-20/h6-7,9,11,18,23,26H,4-5,8,10,12-15H2,1-3H3/t18-,22+/m1/s1. The van der Waals surface area contributed by atoms with Crippen molar-refractivity contribution in [1.29, 1.82) is 0 Å². The van der Waals surface area contributed by atoms with Gasteiger partial charge in [0.25, 0.3) is 0 Å². The van der Waals surface area contributed by atoms with E-state index in [0.717, 1.165) is 43.6 Å². The van der Waals surface area contributed by atoms with E-state index in [1.54, 1.807) is 0 Å². The second kappa shape index (κ2) is 8.44. The summed E-state index contributed by atoms with van der Waals surface area (Å²) in [7, 11) is 1.46. The van der Waals surface area contributed by atoms with Crippen molar-refractivity contribution >= 4 is 16.9 Å². The molecule has 0 bridgehead atoms. The molecular weight excluding hydrogens is 340 g/mol. The fourth-order valence-corrected chi connectivity index (χ4v) is 4.35. The number of ether oxygens (including phenoxy) is 1. The Kier molecular flexibility index (Phi) is 6.22. The van der Waals surface area contributed by atoms with Gasteiger partial charge in [-0.1, -0.05) is 32.0 Å². The molecule has 2 heterocycles. The summed E-state index contributed by atoms with van der Waals surface area (Å²) in [6.07, 6.45) is 3.74. The number of benzene rings is 1. The predicted octanol–water partition coefficient (Wildman–Crippen LogP) is 3.61. The highest BCUT2D eigenvalue weighted by Crippen LogP contribution is 2.34. The Hall–Kier alpha value is -1.85. The predicted molar refractivity (Wildman–Crippen MR) is 108 cm³/mol. The molecule has 1 aromatic carbocycles. The molecule has 2 N–H and O–H groups in total. The van der Waals surface area contributed by atoms with Gasteiger partial charge in [-0.25, -0.2) is 0 Å². The van der Waals surface area contributed by atoms with Crippen LogP contribution < -0.4 is 0 Å². The molecule has 5 heteroatoms. The summed E-state index contributed by atoms with van der Waals surface area (Å²) in [5.74, 6) is -0.513. The second-order valence-electron chi connectivity index (χ2n) is 7.73. The van der Waals surface area contributed by atoms with Crippen LogP contribution in [-0.2, 0) is 16.0 Å². The van der Waals surface area contributed by atoms with Crippen molar-refractivity contribution in [2.45, 2.75) is 57.5 Å². The van der Waals surface area contributed by atoms with Crippen LogP contribution in [0.3, 0.4) is 0 Å². The van der Waals surface area contributed by atoms with Gasteiger partial charge in [-0.3, -0.25) is 4.79 Å². The lowest BCUT2D eigenvalue weighted by Gasteiger charge is -2.33. The van der Waals surface area contributed by atoms with Crippen LogP contribution in [0.25, 0.3) is 10.9 Å². The molecule has 3 rings (SSSR count). The van der Waals surface area contributed by atoms with Crippen molar-refractivity contribution in [2.24, 2.45) is 0 Å². The summed E-state index contributed by atoms with van der Waals surface area (Å²) in [5, 5.41) is 12.2. The van der Waals surface area contributed by atoms with Crippen LogP contribution in [0.5, 0.6) is 0 Å². The number of aromatic amines is 1. The summed E-state index contributed by atoms with van der Waals surface area (Å²) >= 11 is 0. The van der Waals surface area contributed by atoms with Gasteiger partial charge in [0.05, 0.1) is 18.6 Å². The molecule has 0 saturated carbocycles. The van der Waals surface area contributed by atoms with E-state index in [-0.39, 0.29) is 11.9 Å². The SMILES string of the molecule is CCN1CCc2c([nH]c3ccccc23)[C@H](C(=O)OC)CCC[C@@](O)(CC)C1. The number of likely N-dealkylation sites (N-methyl/N-ethyl adjacent to an activating group) is 1. The number of β-amino-alcohol motifs (C(OH)–C–C–N with tert-alkyl or cyclic N) is 1. The molecule has 0 fully saturated rings. The molecule has 1 aliphatic heterocycles. The molecule has 5 nitrogen and oxygen atoms in total. The summed E-state index contributed by atoms with van der Waals surface area (Å²) in [6, 6.07) is 8.25. The third-order valence-corrected chi connectivity index (χ3v) is 6.12. The maximum absolute atomic E-state index is 12.6. The van der Waals surface area contributed by atoms with Gasteiger partial charge in [-0.15, -0.1) is 0 Å². The van der Waals surface area contributed by atoms with Crippen molar-refractivity contribution in [3.05, 3.63) is 35.5 Å². The van der Waals surface area contributed by atoms with E-state index in [1.807, 2.05) is 19.1 Å². The Balaban J connectivity index is 2.04. The van der Waals surface area contributed by atoms with E-state index >= 15 is 0 Å². The highest BCUT2D eigenvalue weighted by Gasteiger charge is 2.32. The number of methoxy groups -OCH3 is 1. The lowest BCUT2D eigenvalue weighted by Crippen LogP contribution is -2.43. The lowest BCUT2D eigenvalue weighted by atomic mass is 9.89. The smallest absolute Gasteiger partial charge is 0.314 e. The average molecular weight is 373 g/mol. The number of rotatable bonds is 3. The van der Waals surface area contributed by atoms with E-state index in [2.05, 4.69) is 28.9 Å². The third-order valence-electron chi connectivity index (χ3n) is 6.12. The highest BCUT2D eigenvalue weighted by molar-refractivity contribution is 5.88. The molecule has 2 aromatic rings. The van der Waals surface area contributed by atoms with Gasteiger partial charge in [0, 0.05) is 29.7 Å². The van der Waals surface area contributed by atoms with Crippen molar-refractivity contribution in [1.82, 2.24) is 9.88 Å². The number of nitrogens with one attached hydrogen (secondary N) is 1. The molecule has 0 amide bonds. The number of nitrogens with zero attached hydrogens (tertiary/aromatic N) is 1. The Bertz CT molecular complexity index is 785. The average Bonchev–Trinajstić information content (AvgIpc) is 3.04. The number of aliphatic hydroxyl groups is 1. The molecular formula is C22H32N2O3. The van der Waals surface area contributed by atoms with Gasteiger partial charge in [-0.2, -0.15) is 0 Å². The maximum Gasteiger partial charge on any atom is 0.314 e. The fraction of sp³-hybridized carbons (Fsp3) is 0.591. The number of para-hydroxylation sites is 1. The first-order valence-electron chi connectivity index (χ1n) is 10.1.